The number of halogens is 2. The van der Waals surface area contributed by atoms with Crippen LogP contribution in [0.1, 0.15) is 17.5 Å². The number of nitrogens with zero attached hydrogens (tertiary/aromatic N) is 4. The van der Waals surface area contributed by atoms with Gasteiger partial charge in [0.15, 0.2) is 0 Å². The summed E-state index contributed by atoms with van der Waals surface area (Å²) in [5.41, 5.74) is 2.73. The molecule has 134 valence electrons. The summed E-state index contributed by atoms with van der Waals surface area (Å²) in [4.78, 5) is 19.1. The maximum absolute atomic E-state index is 13.2. The number of amides is 1. The van der Waals surface area contributed by atoms with E-state index in [1.54, 1.807) is 12.3 Å². The molecule has 5 nitrogen and oxygen atoms in total. The normalized spacial score (nSPS) is 20.2. The minimum Gasteiger partial charge on any atom is -0.293 e. The molecule has 1 fully saturated rings. The predicted molar refractivity (Wildman–Crippen MR) is 97.0 cm³/mol. The molecule has 0 spiro atoms. The zero-order chi connectivity index (χ0) is 18.1. The highest BCUT2D eigenvalue weighted by Gasteiger charge is 2.39. The minimum absolute atomic E-state index is 0.00131. The van der Waals surface area contributed by atoms with Crippen molar-refractivity contribution in [3.05, 3.63) is 64.7 Å². The Morgan fingerprint density at radius 3 is 2.92 bits per heavy atom. The lowest BCUT2D eigenvalue weighted by molar-refractivity contribution is -0.132. The highest BCUT2D eigenvalue weighted by molar-refractivity contribution is 6.31. The molecule has 0 bridgehead atoms. The molecule has 2 aliphatic heterocycles. The van der Waals surface area contributed by atoms with Crippen LogP contribution in [-0.4, -0.2) is 39.6 Å². The molecule has 3 heterocycles. The van der Waals surface area contributed by atoms with Crippen LogP contribution < -0.4 is 0 Å². The molecule has 1 amide bonds. The van der Waals surface area contributed by atoms with Crippen LogP contribution in [0.25, 0.3) is 0 Å². The number of pyridine rings is 1. The quantitative estimate of drug-likeness (QED) is 0.828. The van der Waals surface area contributed by atoms with E-state index in [2.05, 4.69) is 15.0 Å². The van der Waals surface area contributed by atoms with Gasteiger partial charge >= 0.3 is 0 Å². The zero-order valence-corrected chi connectivity index (χ0v) is 14.9. The van der Waals surface area contributed by atoms with Gasteiger partial charge in [0.2, 0.25) is 0 Å². The number of piperidine rings is 1. The largest absolute Gasteiger partial charge is 0.293 e. The summed E-state index contributed by atoms with van der Waals surface area (Å²) in [6, 6.07) is 8.17. The summed E-state index contributed by atoms with van der Waals surface area (Å²) in [5.74, 6) is -0.543. The molecule has 1 atom stereocenters. The second-order valence-electron chi connectivity index (χ2n) is 6.64. The Labute approximate surface area is 156 Å². The minimum atomic E-state index is -0.391. The molecule has 26 heavy (non-hydrogen) atoms. The van der Waals surface area contributed by atoms with Crippen LogP contribution in [0.4, 0.5) is 4.39 Å². The fraction of sp³-hybridized carbons (Fsp3) is 0.316. The predicted octanol–water partition coefficient (Wildman–Crippen LogP) is 3.09. The number of hydrazone groups is 1. The van der Waals surface area contributed by atoms with E-state index in [0.29, 0.717) is 17.1 Å². The van der Waals surface area contributed by atoms with Crippen LogP contribution in [0, 0.1) is 11.7 Å². The van der Waals surface area contributed by atoms with Crippen LogP contribution >= 0.6 is 11.6 Å². The first-order chi connectivity index (χ1) is 12.6. The first-order valence-electron chi connectivity index (χ1n) is 8.54. The van der Waals surface area contributed by atoms with Gasteiger partial charge in [0, 0.05) is 37.1 Å². The summed E-state index contributed by atoms with van der Waals surface area (Å²) in [7, 11) is 0. The molecule has 0 N–H and O–H groups in total. The van der Waals surface area contributed by atoms with E-state index in [4.69, 9.17) is 11.6 Å². The topological polar surface area (TPSA) is 48.8 Å². The smallest absolute Gasteiger partial charge is 0.251 e. The molecule has 0 aliphatic carbocycles. The van der Waals surface area contributed by atoms with Gasteiger partial charge in [0.25, 0.3) is 5.91 Å². The number of fused-ring (bicyclic) bond motifs is 1. The van der Waals surface area contributed by atoms with Crippen molar-refractivity contribution >= 4 is 23.2 Å². The Morgan fingerprint density at radius 1 is 1.27 bits per heavy atom. The maximum atomic E-state index is 13.2. The standard InChI is InChI=1S/C19H18ClFN4O/c20-17-8-15(21)4-3-14(17)11-25-19(26)16-5-7-24(12-18(16)23-25)10-13-2-1-6-22-9-13/h1-4,6,8-9,16H,5,7,10-12H2. The number of likely N-dealkylation sites (tertiary alicyclic amines) is 1. The number of hydrogen-bond acceptors (Lipinski definition) is 4. The van der Waals surface area contributed by atoms with E-state index >= 15 is 0 Å². The molecule has 2 aromatic rings. The van der Waals surface area contributed by atoms with Gasteiger partial charge < -0.3 is 0 Å². The first-order valence-corrected chi connectivity index (χ1v) is 8.92. The van der Waals surface area contributed by atoms with Crippen molar-refractivity contribution in [2.24, 2.45) is 11.0 Å². The zero-order valence-electron chi connectivity index (χ0n) is 14.1. The van der Waals surface area contributed by atoms with Gasteiger partial charge in [-0.25, -0.2) is 9.40 Å². The van der Waals surface area contributed by atoms with E-state index in [-0.39, 0.29) is 18.4 Å². The number of hydrogen-bond donors (Lipinski definition) is 0. The van der Waals surface area contributed by atoms with Crippen LogP contribution in [-0.2, 0) is 17.9 Å². The van der Waals surface area contributed by atoms with Gasteiger partial charge in [0.05, 0.1) is 18.2 Å². The fourth-order valence-corrected chi connectivity index (χ4v) is 3.68. The Hall–Kier alpha value is -2.31. The third kappa shape index (κ3) is 3.48. The summed E-state index contributed by atoms with van der Waals surface area (Å²) in [6.45, 7) is 2.56. The Balaban J connectivity index is 1.46. The third-order valence-corrected chi connectivity index (χ3v) is 5.14. The van der Waals surface area contributed by atoms with Gasteiger partial charge in [-0.1, -0.05) is 23.7 Å². The van der Waals surface area contributed by atoms with E-state index in [0.717, 1.165) is 30.8 Å². The van der Waals surface area contributed by atoms with Crippen molar-refractivity contribution in [3.8, 4) is 0 Å². The average Bonchev–Trinajstić information content (AvgIpc) is 2.93. The second-order valence-corrected chi connectivity index (χ2v) is 7.04. The lowest BCUT2D eigenvalue weighted by Gasteiger charge is -2.29. The summed E-state index contributed by atoms with van der Waals surface area (Å²) in [6.07, 6.45) is 4.37. The van der Waals surface area contributed by atoms with Gasteiger partial charge in [-0.15, -0.1) is 0 Å². The van der Waals surface area contributed by atoms with Crippen molar-refractivity contribution in [1.29, 1.82) is 0 Å². The maximum Gasteiger partial charge on any atom is 0.251 e. The van der Waals surface area contributed by atoms with Crippen molar-refractivity contribution in [1.82, 2.24) is 14.9 Å². The van der Waals surface area contributed by atoms with Crippen molar-refractivity contribution in [2.75, 3.05) is 13.1 Å². The van der Waals surface area contributed by atoms with Crippen LogP contribution in [0.2, 0.25) is 5.02 Å². The average molecular weight is 373 g/mol. The van der Waals surface area contributed by atoms with E-state index in [1.165, 1.54) is 17.1 Å². The highest BCUT2D eigenvalue weighted by Crippen LogP contribution is 2.28. The highest BCUT2D eigenvalue weighted by atomic mass is 35.5. The van der Waals surface area contributed by atoms with Crippen molar-refractivity contribution in [3.63, 3.8) is 0 Å². The van der Waals surface area contributed by atoms with Crippen LogP contribution in [0.15, 0.2) is 47.8 Å². The van der Waals surface area contributed by atoms with Gasteiger partial charge in [-0.2, -0.15) is 5.10 Å². The Bertz CT molecular complexity index is 858. The summed E-state index contributed by atoms with van der Waals surface area (Å²) >= 11 is 6.08. The van der Waals surface area contributed by atoms with Crippen molar-refractivity contribution in [2.45, 2.75) is 19.5 Å². The molecule has 1 unspecified atom stereocenters. The molecular formula is C19H18ClFN4O. The van der Waals surface area contributed by atoms with Crippen LogP contribution in [0.5, 0.6) is 0 Å². The van der Waals surface area contributed by atoms with Crippen molar-refractivity contribution < 1.29 is 9.18 Å². The number of aromatic nitrogens is 1. The number of rotatable bonds is 4. The number of carbonyl (C=O) groups is 1. The third-order valence-electron chi connectivity index (χ3n) is 4.79. The lowest BCUT2D eigenvalue weighted by Crippen LogP contribution is -2.41. The molecule has 0 saturated carbocycles. The van der Waals surface area contributed by atoms with Gasteiger partial charge in [-0.3, -0.25) is 14.7 Å². The first kappa shape index (κ1) is 17.1. The second kappa shape index (κ2) is 7.13. The number of carbonyl (C=O) groups excluding carboxylic acids is 1. The summed E-state index contributed by atoms with van der Waals surface area (Å²) < 4.78 is 13.2. The van der Waals surface area contributed by atoms with E-state index < -0.39 is 5.82 Å². The summed E-state index contributed by atoms with van der Waals surface area (Å²) in [5, 5.41) is 6.31. The Morgan fingerprint density at radius 2 is 2.15 bits per heavy atom. The molecule has 4 rings (SSSR count). The van der Waals surface area contributed by atoms with Gasteiger partial charge in [-0.05, 0) is 35.7 Å². The Kier molecular flexibility index (Phi) is 4.70. The molecule has 2 aliphatic rings. The lowest BCUT2D eigenvalue weighted by atomic mass is 9.94. The van der Waals surface area contributed by atoms with E-state index in [9.17, 15) is 9.18 Å². The number of benzene rings is 1. The molecular weight excluding hydrogens is 355 g/mol. The van der Waals surface area contributed by atoms with Gasteiger partial charge in [0.1, 0.15) is 5.82 Å². The molecule has 1 aromatic heterocycles. The molecule has 0 radical (unpaired) electrons. The molecule has 1 saturated heterocycles. The SMILES string of the molecule is O=C1C2CCN(Cc3cccnc3)CC2=NN1Cc1ccc(F)cc1Cl. The molecule has 1 aromatic carbocycles. The van der Waals surface area contributed by atoms with Crippen LogP contribution in [0.3, 0.4) is 0 Å². The van der Waals surface area contributed by atoms with E-state index in [1.807, 2.05) is 18.3 Å². The monoisotopic (exact) mass is 372 g/mol. The molecule has 7 heteroatoms. The fourth-order valence-electron chi connectivity index (χ4n) is 3.46.